The summed E-state index contributed by atoms with van der Waals surface area (Å²) in [4.78, 5) is 29.7. The van der Waals surface area contributed by atoms with Crippen molar-refractivity contribution in [3.8, 4) is 0 Å². The molecule has 21 heavy (non-hydrogen) atoms. The van der Waals surface area contributed by atoms with Gasteiger partial charge in [-0.3, -0.25) is 9.59 Å². The maximum absolute atomic E-state index is 11.9. The molecule has 0 atom stereocenters. The number of carbonyl (C=O) groups is 1. The van der Waals surface area contributed by atoms with E-state index in [0.717, 1.165) is 16.1 Å². The lowest BCUT2D eigenvalue weighted by molar-refractivity contribution is 0.0949. The number of nitrogens with one attached hydrogen (secondary N) is 2. The number of hydrogen-bond donors (Lipinski definition) is 2. The molecule has 1 aromatic heterocycles. The van der Waals surface area contributed by atoms with Gasteiger partial charge >= 0.3 is 0 Å². The fourth-order valence-electron chi connectivity index (χ4n) is 1.42. The van der Waals surface area contributed by atoms with E-state index in [-0.39, 0.29) is 11.3 Å². The number of benzene rings is 1. The molecule has 1 amide bonds. The van der Waals surface area contributed by atoms with Gasteiger partial charge in [-0.15, -0.1) is 0 Å². The molecule has 0 saturated carbocycles. The first-order chi connectivity index (χ1) is 10.1. The summed E-state index contributed by atoms with van der Waals surface area (Å²) in [5.74, 6) is -0.537. The number of H-pyrrole nitrogens is 1. The molecule has 0 bridgehead atoms. The van der Waals surface area contributed by atoms with Crippen LogP contribution in [0.2, 0.25) is 0 Å². The van der Waals surface area contributed by atoms with Crippen LogP contribution in [-0.4, -0.2) is 28.3 Å². The zero-order chi connectivity index (χ0) is 15.2. The van der Waals surface area contributed by atoms with Gasteiger partial charge in [0.05, 0.1) is 6.21 Å². The highest BCUT2D eigenvalue weighted by atomic mass is 79.9. The van der Waals surface area contributed by atoms with Crippen LogP contribution in [0.4, 0.5) is 0 Å². The second-order valence-corrected chi connectivity index (χ2v) is 5.60. The van der Waals surface area contributed by atoms with Gasteiger partial charge in [0.15, 0.2) is 5.16 Å². The molecule has 108 valence electrons. The lowest BCUT2D eigenvalue weighted by Crippen LogP contribution is -2.22. The number of hydrazone groups is 1. The Morgan fingerprint density at radius 1 is 1.43 bits per heavy atom. The Labute approximate surface area is 133 Å². The fraction of sp³-hybridized carbons (Fsp3) is 0.0769. The van der Waals surface area contributed by atoms with Gasteiger partial charge in [0, 0.05) is 10.5 Å². The number of aromatic amines is 1. The van der Waals surface area contributed by atoms with Crippen LogP contribution in [0.1, 0.15) is 16.1 Å². The molecule has 0 saturated heterocycles. The largest absolute Gasteiger partial charge is 0.301 e. The van der Waals surface area contributed by atoms with Crippen molar-refractivity contribution in [3.05, 3.63) is 56.4 Å². The summed E-state index contributed by atoms with van der Waals surface area (Å²) < 4.78 is 0.959. The molecular weight excluding hydrogens is 356 g/mol. The van der Waals surface area contributed by atoms with Crippen molar-refractivity contribution in [1.29, 1.82) is 0 Å². The Morgan fingerprint density at radius 2 is 2.14 bits per heavy atom. The van der Waals surface area contributed by atoms with Crippen LogP contribution in [0.25, 0.3) is 0 Å². The summed E-state index contributed by atoms with van der Waals surface area (Å²) in [5.41, 5.74) is 2.82. The standard InChI is InChI=1S/C13H11BrN4O2S/c1-21-13-16-10(6-11(19)17-13)12(20)18-15-7-8-2-4-9(14)5-3-8/h2-7H,1H3,(H,18,20)(H,16,17,19)/b15-7-. The van der Waals surface area contributed by atoms with Gasteiger partial charge in [-0.25, -0.2) is 10.4 Å². The van der Waals surface area contributed by atoms with Crippen molar-refractivity contribution >= 4 is 39.8 Å². The van der Waals surface area contributed by atoms with Gasteiger partial charge < -0.3 is 4.98 Å². The van der Waals surface area contributed by atoms with Crippen molar-refractivity contribution in [2.24, 2.45) is 5.10 Å². The van der Waals surface area contributed by atoms with Crippen LogP contribution in [-0.2, 0) is 0 Å². The summed E-state index contributed by atoms with van der Waals surface area (Å²) >= 11 is 4.58. The molecule has 6 nitrogen and oxygen atoms in total. The summed E-state index contributed by atoms with van der Waals surface area (Å²) in [6.07, 6.45) is 3.26. The lowest BCUT2D eigenvalue weighted by Gasteiger charge is -2.00. The Bertz CT molecular complexity index is 728. The molecule has 0 unspecified atom stereocenters. The van der Waals surface area contributed by atoms with E-state index < -0.39 is 5.91 Å². The fourth-order valence-corrected chi connectivity index (χ4v) is 2.08. The third kappa shape index (κ3) is 4.54. The molecule has 2 aromatic rings. The normalized spacial score (nSPS) is 10.8. The molecule has 8 heteroatoms. The average Bonchev–Trinajstić information content (AvgIpc) is 2.48. The summed E-state index contributed by atoms with van der Waals surface area (Å²) in [7, 11) is 0. The first-order valence-electron chi connectivity index (χ1n) is 5.83. The molecule has 0 aliphatic heterocycles. The second kappa shape index (κ2) is 7.19. The van der Waals surface area contributed by atoms with Crippen LogP contribution in [0.15, 0.2) is 49.9 Å². The van der Waals surface area contributed by atoms with E-state index in [0.29, 0.717) is 5.16 Å². The van der Waals surface area contributed by atoms with Crippen LogP contribution < -0.4 is 11.0 Å². The van der Waals surface area contributed by atoms with Crippen molar-refractivity contribution in [1.82, 2.24) is 15.4 Å². The molecule has 0 aliphatic carbocycles. The summed E-state index contributed by atoms with van der Waals surface area (Å²) in [6, 6.07) is 8.55. The van der Waals surface area contributed by atoms with Crippen molar-refractivity contribution in [2.75, 3.05) is 6.26 Å². The molecule has 1 aromatic carbocycles. The van der Waals surface area contributed by atoms with Gasteiger partial charge in [0.1, 0.15) is 5.69 Å². The molecule has 0 fully saturated rings. The summed E-state index contributed by atoms with van der Waals surface area (Å²) in [5, 5.41) is 4.21. The Kier molecular flexibility index (Phi) is 5.29. The van der Waals surface area contributed by atoms with Gasteiger partial charge in [-0.2, -0.15) is 5.10 Å². The maximum atomic E-state index is 11.9. The van der Waals surface area contributed by atoms with Crippen LogP contribution in [0.3, 0.4) is 0 Å². The second-order valence-electron chi connectivity index (χ2n) is 3.89. The van der Waals surface area contributed by atoms with E-state index in [1.807, 2.05) is 24.3 Å². The van der Waals surface area contributed by atoms with Crippen LogP contribution in [0, 0.1) is 0 Å². The first-order valence-corrected chi connectivity index (χ1v) is 7.84. The number of carbonyl (C=O) groups excluding carboxylic acids is 1. The third-order valence-electron chi connectivity index (χ3n) is 2.40. The lowest BCUT2D eigenvalue weighted by atomic mass is 10.2. The van der Waals surface area contributed by atoms with Crippen molar-refractivity contribution < 1.29 is 4.79 Å². The maximum Gasteiger partial charge on any atom is 0.290 e. The smallest absolute Gasteiger partial charge is 0.290 e. The highest BCUT2D eigenvalue weighted by Gasteiger charge is 2.08. The number of thioether (sulfide) groups is 1. The molecule has 0 radical (unpaired) electrons. The zero-order valence-corrected chi connectivity index (χ0v) is 13.4. The highest BCUT2D eigenvalue weighted by Crippen LogP contribution is 2.09. The average molecular weight is 367 g/mol. The molecule has 2 N–H and O–H groups in total. The van der Waals surface area contributed by atoms with Crippen LogP contribution in [0.5, 0.6) is 0 Å². The van der Waals surface area contributed by atoms with E-state index >= 15 is 0 Å². The minimum atomic E-state index is -0.537. The number of hydrogen-bond acceptors (Lipinski definition) is 5. The Balaban J connectivity index is 2.06. The minimum Gasteiger partial charge on any atom is -0.301 e. The predicted molar refractivity (Wildman–Crippen MR) is 85.8 cm³/mol. The quantitative estimate of drug-likeness (QED) is 0.375. The molecule has 0 aliphatic rings. The van der Waals surface area contributed by atoms with Gasteiger partial charge in [-0.05, 0) is 24.0 Å². The zero-order valence-electron chi connectivity index (χ0n) is 11.0. The topological polar surface area (TPSA) is 87.2 Å². The molecule has 0 spiro atoms. The van der Waals surface area contributed by atoms with Gasteiger partial charge in [0.2, 0.25) is 0 Å². The monoisotopic (exact) mass is 366 g/mol. The molecule has 2 rings (SSSR count). The molecular formula is C13H11BrN4O2S. The van der Waals surface area contributed by atoms with E-state index in [2.05, 4.69) is 36.4 Å². The predicted octanol–water partition coefficient (Wildman–Crippen LogP) is 2.02. The summed E-state index contributed by atoms with van der Waals surface area (Å²) in [6.45, 7) is 0. The van der Waals surface area contributed by atoms with Crippen LogP contribution >= 0.6 is 27.7 Å². The van der Waals surface area contributed by atoms with E-state index in [1.165, 1.54) is 18.0 Å². The van der Waals surface area contributed by atoms with E-state index in [9.17, 15) is 9.59 Å². The minimum absolute atomic E-state index is 0.0241. The SMILES string of the molecule is CSc1nc(C(=O)N/N=C\c2ccc(Br)cc2)cc(=O)[nH]1. The third-order valence-corrected chi connectivity index (χ3v) is 3.50. The molecule has 1 heterocycles. The number of aromatic nitrogens is 2. The number of amides is 1. The van der Waals surface area contributed by atoms with Gasteiger partial charge in [-0.1, -0.05) is 39.8 Å². The van der Waals surface area contributed by atoms with E-state index in [4.69, 9.17) is 0 Å². The number of halogens is 1. The number of rotatable bonds is 4. The van der Waals surface area contributed by atoms with Crippen molar-refractivity contribution in [2.45, 2.75) is 5.16 Å². The van der Waals surface area contributed by atoms with Crippen molar-refractivity contribution in [3.63, 3.8) is 0 Å². The highest BCUT2D eigenvalue weighted by molar-refractivity contribution is 9.10. The Hall–Kier alpha value is -1.93. The van der Waals surface area contributed by atoms with E-state index in [1.54, 1.807) is 6.26 Å². The number of nitrogens with zero attached hydrogens (tertiary/aromatic N) is 2. The first kappa shape index (κ1) is 15.5. The Morgan fingerprint density at radius 3 is 2.81 bits per heavy atom. The van der Waals surface area contributed by atoms with Gasteiger partial charge in [0.25, 0.3) is 11.5 Å².